The number of sulfonamides is 1. The van der Waals surface area contributed by atoms with Crippen LogP contribution in [0.5, 0.6) is 0 Å². The normalized spacial score (nSPS) is 12.2. The predicted octanol–water partition coefficient (Wildman–Crippen LogP) is 4.99. The maximum Gasteiger partial charge on any atom is 0.261 e. The van der Waals surface area contributed by atoms with Crippen molar-refractivity contribution in [3.8, 4) is 0 Å². The van der Waals surface area contributed by atoms with Crippen LogP contribution in [-0.2, 0) is 10.0 Å². The molecule has 0 aliphatic rings. The molecule has 0 fully saturated rings. The van der Waals surface area contributed by atoms with Crippen molar-refractivity contribution in [1.82, 2.24) is 5.32 Å². The number of hydrogen-bond acceptors (Lipinski definition) is 3. The van der Waals surface area contributed by atoms with E-state index in [1.807, 2.05) is 13.0 Å². The van der Waals surface area contributed by atoms with Crippen LogP contribution in [-0.4, -0.2) is 14.3 Å². The third-order valence-corrected chi connectivity index (χ3v) is 6.50. The van der Waals surface area contributed by atoms with Crippen LogP contribution in [0.1, 0.15) is 46.4 Å². The Hall–Kier alpha value is -3.12. The number of aryl methyl sites for hydroxylation is 2. The molecule has 1 atom stereocenters. The molecule has 0 aliphatic heterocycles. The van der Waals surface area contributed by atoms with Crippen LogP contribution in [0.4, 0.5) is 5.69 Å². The summed E-state index contributed by atoms with van der Waals surface area (Å²) in [4.78, 5) is 12.9. The van der Waals surface area contributed by atoms with Gasteiger partial charge < -0.3 is 5.32 Å². The highest BCUT2D eigenvalue weighted by Gasteiger charge is 2.16. The molecule has 6 heteroatoms. The number of carbonyl (C=O) groups excluding carboxylic acids is 1. The lowest BCUT2D eigenvalue weighted by Crippen LogP contribution is -2.28. The lowest BCUT2D eigenvalue weighted by molar-refractivity contribution is 0.0935. The summed E-state index contributed by atoms with van der Waals surface area (Å²) in [5.74, 6) is -0.197. The topological polar surface area (TPSA) is 75.3 Å². The number of rotatable bonds is 7. The molecule has 5 nitrogen and oxygen atoms in total. The SMILES string of the molecule is CC[C@H](NC(=O)c1ccc(NS(=O)(=O)c2ccccc2)cc1)c1ccc(C)c(C)c1. The average Bonchev–Trinajstić information content (AvgIpc) is 2.75. The van der Waals surface area contributed by atoms with E-state index in [0.717, 1.165) is 12.0 Å². The molecular weight excluding hydrogens is 396 g/mol. The summed E-state index contributed by atoms with van der Waals surface area (Å²) in [6.07, 6.45) is 0.767. The number of benzene rings is 3. The molecule has 0 unspecified atom stereocenters. The van der Waals surface area contributed by atoms with Crippen LogP contribution in [0.3, 0.4) is 0 Å². The Morgan fingerprint density at radius 2 is 1.57 bits per heavy atom. The molecular formula is C24H26N2O3S. The van der Waals surface area contributed by atoms with E-state index in [0.29, 0.717) is 11.3 Å². The van der Waals surface area contributed by atoms with Crippen LogP contribution in [0.15, 0.2) is 77.7 Å². The van der Waals surface area contributed by atoms with Gasteiger partial charge in [0.2, 0.25) is 0 Å². The van der Waals surface area contributed by atoms with Crippen molar-refractivity contribution in [2.45, 2.75) is 38.1 Å². The van der Waals surface area contributed by atoms with Crippen molar-refractivity contribution in [3.63, 3.8) is 0 Å². The summed E-state index contributed by atoms with van der Waals surface area (Å²) in [6.45, 7) is 6.15. The third-order valence-electron chi connectivity index (χ3n) is 5.10. The fourth-order valence-corrected chi connectivity index (χ4v) is 4.23. The summed E-state index contributed by atoms with van der Waals surface area (Å²) in [5.41, 5.74) is 4.35. The summed E-state index contributed by atoms with van der Waals surface area (Å²) in [6, 6.07) is 20.7. The highest BCUT2D eigenvalue weighted by Crippen LogP contribution is 2.21. The minimum Gasteiger partial charge on any atom is -0.345 e. The van der Waals surface area contributed by atoms with Gasteiger partial charge in [-0.1, -0.05) is 43.3 Å². The van der Waals surface area contributed by atoms with Crippen molar-refractivity contribution in [3.05, 3.63) is 95.1 Å². The summed E-state index contributed by atoms with van der Waals surface area (Å²) in [5, 5.41) is 3.06. The van der Waals surface area contributed by atoms with E-state index in [4.69, 9.17) is 0 Å². The second-order valence-electron chi connectivity index (χ2n) is 7.27. The first-order chi connectivity index (χ1) is 14.3. The van der Waals surface area contributed by atoms with Gasteiger partial charge in [-0.2, -0.15) is 0 Å². The molecule has 0 spiro atoms. The lowest BCUT2D eigenvalue weighted by Gasteiger charge is -2.19. The summed E-state index contributed by atoms with van der Waals surface area (Å²) < 4.78 is 27.4. The zero-order valence-electron chi connectivity index (χ0n) is 17.3. The summed E-state index contributed by atoms with van der Waals surface area (Å²) in [7, 11) is -3.66. The van der Waals surface area contributed by atoms with Gasteiger partial charge in [0.05, 0.1) is 10.9 Å². The molecule has 2 N–H and O–H groups in total. The van der Waals surface area contributed by atoms with Gasteiger partial charge in [-0.25, -0.2) is 8.42 Å². The molecule has 0 bridgehead atoms. The Labute approximate surface area is 178 Å². The maximum atomic E-state index is 12.7. The van der Waals surface area contributed by atoms with Crippen LogP contribution >= 0.6 is 0 Å². The first-order valence-corrected chi connectivity index (χ1v) is 11.3. The second kappa shape index (κ2) is 9.13. The van der Waals surface area contributed by atoms with Gasteiger partial charge in [-0.05, 0) is 73.4 Å². The van der Waals surface area contributed by atoms with E-state index in [2.05, 4.69) is 36.0 Å². The molecule has 0 saturated heterocycles. The van der Waals surface area contributed by atoms with Gasteiger partial charge in [0, 0.05) is 11.3 Å². The molecule has 3 aromatic carbocycles. The third kappa shape index (κ3) is 5.07. The minimum atomic E-state index is -3.66. The number of anilines is 1. The smallest absolute Gasteiger partial charge is 0.261 e. The second-order valence-corrected chi connectivity index (χ2v) is 8.96. The minimum absolute atomic E-state index is 0.0898. The standard InChI is InChI=1S/C24H26N2O3S/c1-4-23(20-11-10-17(2)18(3)16-20)25-24(27)19-12-14-21(15-13-19)26-30(28,29)22-8-6-5-7-9-22/h5-16,23,26H,4H2,1-3H3,(H,25,27)/t23-/m0/s1. The molecule has 0 heterocycles. The van der Waals surface area contributed by atoms with Crippen molar-refractivity contribution >= 4 is 21.6 Å². The van der Waals surface area contributed by atoms with Gasteiger partial charge in [0.1, 0.15) is 0 Å². The maximum absolute atomic E-state index is 12.7. The van der Waals surface area contributed by atoms with Gasteiger partial charge in [0.25, 0.3) is 15.9 Å². The van der Waals surface area contributed by atoms with Gasteiger partial charge in [0.15, 0.2) is 0 Å². The molecule has 3 aromatic rings. The monoisotopic (exact) mass is 422 g/mol. The Balaban J connectivity index is 1.70. The average molecular weight is 423 g/mol. The van der Waals surface area contributed by atoms with Gasteiger partial charge in [-0.15, -0.1) is 0 Å². The van der Waals surface area contributed by atoms with Crippen LogP contribution in [0, 0.1) is 13.8 Å². The molecule has 0 aromatic heterocycles. The fraction of sp³-hybridized carbons (Fsp3) is 0.208. The van der Waals surface area contributed by atoms with E-state index >= 15 is 0 Å². The Bertz CT molecular complexity index is 1120. The number of nitrogens with one attached hydrogen (secondary N) is 2. The lowest BCUT2D eigenvalue weighted by atomic mass is 9.99. The largest absolute Gasteiger partial charge is 0.345 e. The summed E-state index contributed by atoms with van der Waals surface area (Å²) >= 11 is 0. The number of carbonyl (C=O) groups is 1. The van der Waals surface area contributed by atoms with Gasteiger partial charge >= 0.3 is 0 Å². The Morgan fingerprint density at radius 1 is 0.900 bits per heavy atom. The fourth-order valence-electron chi connectivity index (χ4n) is 3.15. The van der Waals surface area contributed by atoms with E-state index in [-0.39, 0.29) is 16.8 Å². The van der Waals surface area contributed by atoms with Crippen LogP contribution in [0.2, 0.25) is 0 Å². The molecule has 30 heavy (non-hydrogen) atoms. The highest BCUT2D eigenvalue weighted by molar-refractivity contribution is 7.92. The first-order valence-electron chi connectivity index (χ1n) is 9.86. The van der Waals surface area contributed by atoms with E-state index < -0.39 is 10.0 Å². The van der Waals surface area contributed by atoms with Crippen molar-refractivity contribution in [1.29, 1.82) is 0 Å². The van der Waals surface area contributed by atoms with Crippen molar-refractivity contribution in [2.75, 3.05) is 4.72 Å². The van der Waals surface area contributed by atoms with Crippen LogP contribution in [0.25, 0.3) is 0 Å². The quantitative estimate of drug-likeness (QED) is 0.563. The van der Waals surface area contributed by atoms with E-state index in [1.165, 1.54) is 23.3 Å². The molecule has 1 amide bonds. The molecule has 0 aliphatic carbocycles. The van der Waals surface area contributed by atoms with Crippen molar-refractivity contribution < 1.29 is 13.2 Å². The molecule has 0 radical (unpaired) electrons. The zero-order valence-corrected chi connectivity index (χ0v) is 18.2. The number of hydrogen-bond donors (Lipinski definition) is 2. The highest BCUT2D eigenvalue weighted by atomic mass is 32.2. The predicted molar refractivity (Wildman–Crippen MR) is 120 cm³/mol. The van der Waals surface area contributed by atoms with Crippen molar-refractivity contribution in [2.24, 2.45) is 0 Å². The van der Waals surface area contributed by atoms with E-state index in [9.17, 15) is 13.2 Å². The first kappa shape index (κ1) is 21.6. The molecule has 156 valence electrons. The van der Waals surface area contributed by atoms with E-state index in [1.54, 1.807) is 42.5 Å². The van der Waals surface area contributed by atoms with Gasteiger partial charge in [-0.3, -0.25) is 9.52 Å². The Kier molecular flexibility index (Phi) is 6.57. The Morgan fingerprint density at radius 3 is 2.17 bits per heavy atom. The molecule has 3 rings (SSSR count). The number of amides is 1. The van der Waals surface area contributed by atoms with Crippen LogP contribution < -0.4 is 10.0 Å². The molecule has 0 saturated carbocycles. The zero-order chi connectivity index (χ0) is 21.7.